The Morgan fingerprint density at radius 1 is 0.963 bits per heavy atom. The molecule has 0 bridgehead atoms. The van der Waals surface area contributed by atoms with Crippen molar-refractivity contribution in [2.75, 3.05) is 26.2 Å². The molecule has 1 heterocycles. The molecule has 5 heteroatoms. The maximum Gasteiger partial charge on any atom is 0.419 e. The second kappa shape index (κ2) is 7.19. The minimum Gasteiger partial charge on any atom is -0.492 e. The molecule has 0 N–H and O–H groups in total. The summed E-state index contributed by atoms with van der Waals surface area (Å²) >= 11 is 0. The SMILES string of the molecule is FC(F)(F)c1ccccc1OCCN1CCC2(CC1)CC2c1ccccc1. The number of halogens is 3. The number of hydrogen-bond acceptors (Lipinski definition) is 2. The van der Waals surface area contributed by atoms with Gasteiger partial charge in [0.25, 0.3) is 0 Å². The zero-order valence-corrected chi connectivity index (χ0v) is 15.2. The van der Waals surface area contributed by atoms with Crippen LogP contribution < -0.4 is 4.74 Å². The normalized spacial score (nSPS) is 22.0. The summed E-state index contributed by atoms with van der Waals surface area (Å²) in [4.78, 5) is 2.31. The van der Waals surface area contributed by atoms with Gasteiger partial charge in [0.15, 0.2) is 0 Å². The van der Waals surface area contributed by atoms with Crippen molar-refractivity contribution in [3.63, 3.8) is 0 Å². The zero-order chi connectivity index (χ0) is 18.9. The van der Waals surface area contributed by atoms with Crippen LogP contribution in [0.4, 0.5) is 13.2 Å². The molecule has 2 aromatic carbocycles. The fourth-order valence-corrected chi connectivity index (χ4v) is 4.39. The first-order valence-electron chi connectivity index (χ1n) is 9.54. The van der Waals surface area contributed by atoms with E-state index in [-0.39, 0.29) is 12.4 Å². The van der Waals surface area contributed by atoms with Crippen molar-refractivity contribution in [3.05, 3.63) is 65.7 Å². The highest BCUT2D eigenvalue weighted by Gasteiger charge is 2.55. The van der Waals surface area contributed by atoms with Gasteiger partial charge in [-0.2, -0.15) is 13.2 Å². The van der Waals surface area contributed by atoms with E-state index in [9.17, 15) is 13.2 Å². The number of piperidine rings is 1. The van der Waals surface area contributed by atoms with Crippen LogP contribution in [0, 0.1) is 5.41 Å². The van der Waals surface area contributed by atoms with Gasteiger partial charge in [-0.05, 0) is 61.4 Å². The largest absolute Gasteiger partial charge is 0.492 e. The molecule has 27 heavy (non-hydrogen) atoms. The number of ether oxygens (including phenoxy) is 1. The quantitative estimate of drug-likeness (QED) is 0.698. The van der Waals surface area contributed by atoms with Crippen molar-refractivity contribution in [3.8, 4) is 5.75 Å². The second-order valence-corrected chi connectivity index (χ2v) is 7.71. The molecule has 0 aromatic heterocycles. The summed E-state index contributed by atoms with van der Waals surface area (Å²) in [5.41, 5.74) is 1.19. The van der Waals surface area contributed by atoms with Gasteiger partial charge in [0.05, 0.1) is 5.56 Å². The fourth-order valence-electron chi connectivity index (χ4n) is 4.39. The van der Waals surface area contributed by atoms with Gasteiger partial charge in [-0.25, -0.2) is 0 Å². The lowest BCUT2D eigenvalue weighted by Crippen LogP contribution is -2.37. The number of para-hydroxylation sites is 1. The van der Waals surface area contributed by atoms with Crippen molar-refractivity contribution in [1.29, 1.82) is 0 Å². The molecule has 0 amide bonds. The molecule has 144 valence electrons. The Bertz CT molecular complexity index is 767. The van der Waals surface area contributed by atoms with Crippen molar-refractivity contribution >= 4 is 0 Å². The third-order valence-electron chi connectivity index (χ3n) is 6.10. The number of likely N-dealkylation sites (tertiary alicyclic amines) is 1. The van der Waals surface area contributed by atoms with E-state index in [1.54, 1.807) is 6.07 Å². The molecule has 0 radical (unpaired) electrons. The van der Waals surface area contributed by atoms with Crippen LogP contribution in [-0.4, -0.2) is 31.1 Å². The van der Waals surface area contributed by atoms with E-state index in [1.165, 1.54) is 24.1 Å². The maximum absolute atomic E-state index is 13.0. The van der Waals surface area contributed by atoms with Crippen LogP contribution in [0.5, 0.6) is 5.75 Å². The molecule has 1 unspecified atom stereocenters. The summed E-state index contributed by atoms with van der Waals surface area (Å²) in [5, 5.41) is 0. The molecule has 1 saturated heterocycles. The monoisotopic (exact) mass is 375 g/mol. The van der Waals surface area contributed by atoms with E-state index < -0.39 is 11.7 Å². The molecule has 1 saturated carbocycles. The van der Waals surface area contributed by atoms with Crippen molar-refractivity contribution in [1.82, 2.24) is 4.90 Å². The van der Waals surface area contributed by atoms with Gasteiger partial charge in [-0.1, -0.05) is 42.5 Å². The Balaban J connectivity index is 1.26. The van der Waals surface area contributed by atoms with Gasteiger partial charge >= 0.3 is 6.18 Å². The molecule has 2 aromatic rings. The summed E-state index contributed by atoms with van der Waals surface area (Å²) < 4.78 is 44.5. The first-order chi connectivity index (χ1) is 13.0. The van der Waals surface area contributed by atoms with E-state index in [0.717, 1.165) is 32.0 Å². The Labute approximate surface area is 157 Å². The van der Waals surface area contributed by atoms with Crippen LogP contribution in [0.2, 0.25) is 0 Å². The second-order valence-electron chi connectivity index (χ2n) is 7.71. The topological polar surface area (TPSA) is 12.5 Å². The number of alkyl halides is 3. The van der Waals surface area contributed by atoms with Gasteiger partial charge < -0.3 is 4.74 Å². The standard InChI is InChI=1S/C22H24F3NO/c23-22(24,25)18-8-4-5-9-20(18)27-15-14-26-12-10-21(11-13-26)16-19(21)17-6-2-1-3-7-17/h1-9,19H,10-16H2. The number of benzene rings is 2. The minimum absolute atomic E-state index is 0.0789. The molecule has 2 aliphatic rings. The van der Waals surface area contributed by atoms with E-state index >= 15 is 0 Å². The van der Waals surface area contributed by atoms with Crippen LogP contribution in [0.3, 0.4) is 0 Å². The highest BCUT2D eigenvalue weighted by Crippen LogP contribution is 2.64. The van der Waals surface area contributed by atoms with Crippen LogP contribution in [0.1, 0.15) is 36.3 Å². The summed E-state index contributed by atoms with van der Waals surface area (Å²) in [6.45, 7) is 2.93. The first kappa shape index (κ1) is 18.4. The Kier molecular flexibility index (Phi) is 4.89. The van der Waals surface area contributed by atoms with Gasteiger partial charge in [-0.15, -0.1) is 0 Å². The Hall–Kier alpha value is -2.01. The lowest BCUT2D eigenvalue weighted by atomic mass is 9.89. The molecule has 1 spiro atoms. The van der Waals surface area contributed by atoms with Crippen molar-refractivity contribution in [2.24, 2.45) is 5.41 Å². The van der Waals surface area contributed by atoms with Crippen LogP contribution >= 0.6 is 0 Å². The number of nitrogens with zero attached hydrogens (tertiary/aromatic N) is 1. The van der Waals surface area contributed by atoms with Crippen LogP contribution in [0.15, 0.2) is 54.6 Å². The average molecular weight is 375 g/mol. The molecule has 4 rings (SSSR count). The van der Waals surface area contributed by atoms with Gasteiger partial charge in [0.2, 0.25) is 0 Å². The molecular weight excluding hydrogens is 351 g/mol. The van der Waals surface area contributed by atoms with E-state index in [4.69, 9.17) is 4.74 Å². The minimum atomic E-state index is -4.38. The summed E-state index contributed by atoms with van der Waals surface area (Å²) in [7, 11) is 0. The summed E-state index contributed by atoms with van der Waals surface area (Å²) in [6.07, 6.45) is -0.801. The molecular formula is C22H24F3NO. The van der Waals surface area contributed by atoms with E-state index in [1.807, 2.05) is 0 Å². The zero-order valence-electron chi connectivity index (χ0n) is 15.2. The van der Waals surface area contributed by atoms with Gasteiger partial charge in [0, 0.05) is 6.54 Å². The number of rotatable bonds is 5. The highest BCUT2D eigenvalue weighted by molar-refractivity contribution is 5.35. The maximum atomic E-state index is 13.0. The highest BCUT2D eigenvalue weighted by atomic mass is 19.4. The fraction of sp³-hybridized carbons (Fsp3) is 0.455. The van der Waals surface area contributed by atoms with Crippen molar-refractivity contribution < 1.29 is 17.9 Å². The molecule has 1 aliphatic carbocycles. The molecule has 2 nitrogen and oxygen atoms in total. The molecule has 2 fully saturated rings. The molecule has 1 aliphatic heterocycles. The summed E-state index contributed by atoms with van der Waals surface area (Å²) in [5.74, 6) is 0.598. The van der Waals surface area contributed by atoms with Crippen LogP contribution in [0.25, 0.3) is 0 Å². The predicted molar refractivity (Wildman–Crippen MR) is 98.8 cm³/mol. The Morgan fingerprint density at radius 3 is 2.33 bits per heavy atom. The summed E-state index contributed by atoms with van der Waals surface area (Å²) in [6, 6.07) is 16.1. The van der Waals surface area contributed by atoms with Gasteiger partial charge in [-0.3, -0.25) is 4.90 Å². The number of hydrogen-bond donors (Lipinski definition) is 0. The van der Waals surface area contributed by atoms with Gasteiger partial charge in [0.1, 0.15) is 12.4 Å². The lowest BCUT2D eigenvalue weighted by Gasteiger charge is -2.33. The van der Waals surface area contributed by atoms with Crippen molar-refractivity contribution in [2.45, 2.75) is 31.4 Å². The lowest BCUT2D eigenvalue weighted by molar-refractivity contribution is -0.139. The van der Waals surface area contributed by atoms with Crippen LogP contribution in [-0.2, 0) is 6.18 Å². The van der Waals surface area contributed by atoms with E-state index in [2.05, 4.69) is 35.2 Å². The van der Waals surface area contributed by atoms with E-state index in [0.29, 0.717) is 17.9 Å². The third kappa shape index (κ3) is 3.98. The third-order valence-corrected chi connectivity index (χ3v) is 6.10. The predicted octanol–water partition coefficient (Wildman–Crippen LogP) is 5.35. The first-order valence-corrected chi connectivity index (χ1v) is 9.54. The smallest absolute Gasteiger partial charge is 0.419 e. The average Bonchev–Trinajstić information content (AvgIpc) is 3.37. The Morgan fingerprint density at radius 2 is 1.63 bits per heavy atom. The molecule has 1 atom stereocenters.